The molecule has 1 aliphatic rings. The van der Waals surface area contributed by atoms with Crippen molar-refractivity contribution in [1.82, 2.24) is 20.3 Å². The van der Waals surface area contributed by atoms with Gasteiger partial charge < -0.3 is 20.3 Å². The van der Waals surface area contributed by atoms with Crippen LogP contribution in [0.4, 0.5) is 10.5 Å². The first kappa shape index (κ1) is 20.6. The molecule has 2 heterocycles. The largest absolute Gasteiger partial charge is 0.507 e. The predicted octanol–water partition coefficient (Wildman–Crippen LogP) is 4.12. The molecule has 0 saturated heterocycles. The van der Waals surface area contributed by atoms with E-state index in [1.807, 2.05) is 19.9 Å². The van der Waals surface area contributed by atoms with E-state index in [4.69, 9.17) is 4.52 Å². The lowest BCUT2D eigenvalue weighted by molar-refractivity contribution is 0.0988. The normalized spacial score (nSPS) is 14.2. The zero-order valence-corrected chi connectivity index (χ0v) is 17.5. The first-order valence-corrected chi connectivity index (χ1v) is 10.4. The van der Waals surface area contributed by atoms with E-state index in [9.17, 15) is 14.7 Å². The molecule has 1 aliphatic carbocycles. The molecule has 9 nitrogen and oxygen atoms in total. The van der Waals surface area contributed by atoms with Gasteiger partial charge >= 0.3 is 6.03 Å². The number of hydrogen-bond acceptors (Lipinski definition) is 6. The van der Waals surface area contributed by atoms with Crippen LogP contribution in [-0.4, -0.2) is 38.0 Å². The van der Waals surface area contributed by atoms with Gasteiger partial charge in [-0.05, 0) is 44.9 Å². The third kappa shape index (κ3) is 4.45. The standard InChI is InChI=1S/C22H25N5O4/c1-13(2)24-22(30)27-18(14-5-3-4-6-14)12-17(26-27)16-8-7-15(11-19(16)28)25-21(29)20-9-10-23-31-20/h7-14,28H,3-6H2,1-2H3,(H,24,30)(H,25,29). The van der Waals surface area contributed by atoms with Crippen LogP contribution in [0.2, 0.25) is 0 Å². The number of hydrogen-bond donors (Lipinski definition) is 3. The number of amides is 2. The van der Waals surface area contributed by atoms with Gasteiger partial charge in [-0.2, -0.15) is 9.78 Å². The van der Waals surface area contributed by atoms with Gasteiger partial charge in [0.15, 0.2) is 0 Å². The van der Waals surface area contributed by atoms with Gasteiger partial charge in [-0.15, -0.1) is 0 Å². The molecule has 4 rings (SSSR count). The van der Waals surface area contributed by atoms with Gasteiger partial charge in [-0.1, -0.05) is 18.0 Å². The lowest BCUT2D eigenvalue weighted by Crippen LogP contribution is -2.35. The Morgan fingerprint density at radius 2 is 1.97 bits per heavy atom. The number of rotatable bonds is 5. The molecule has 162 valence electrons. The number of nitrogens with zero attached hydrogens (tertiary/aromatic N) is 3. The molecule has 1 aromatic carbocycles. The van der Waals surface area contributed by atoms with Gasteiger partial charge in [0.05, 0.1) is 17.6 Å². The molecule has 2 aromatic heterocycles. The Hall–Kier alpha value is -3.62. The summed E-state index contributed by atoms with van der Waals surface area (Å²) in [5.41, 5.74) is 2.24. The molecule has 1 saturated carbocycles. The summed E-state index contributed by atoms with van der Waals surface area (Å²) in [6, 6.07) is 7.78. The van der Waals surface area contributed by atoms with Gasteiger partial charge in [0.1, 0.15) is 5.75 Å². The molecule has 0 bridgehead atoms. The summed E-state index contributed by atoms with van der Waals surface area (Å²) < 4.78 is 6.25. The molecule has 1 fully saturated rings. The molecule has 0 aliphatic heterocycles. The molecule has 3 aromatic rings. The summed E-state index contributed by atoms with van der Waals surface area (Å²) in [5, 5.41) is 24.1. The average molecular weight is 423 g/mol. The lowest BCUT2D eigenvalue weighted by Gasteiger charge is -2.13. The van der Waals surface area contributed by atoms with E-state index in [0.29, 0.717) is 16.9 Å². The average Bonchev–Trinajstić information content (AvgIpc) is 3.47. The van der Waals surface area contributed by atoms with Crippen LogP contribution in [-0.2, 0) is 0 Å². The highest BCUT2D eigenvalue weighted by Gasteiger charge is 2.26. The number of benzene rings is 1. The molecular formula is C22H25N5O4. The second kappa shape index (κ2) is 8.63. The smallest absolute Gasteiger partial charge is 0.342 e. The Labute approximate surface area is 179 Å². The second-order valence-electron chi connectivity index (χ2n) is 8.01. The van der Waals surface area contributed by atoms with Crippen molar-refractivity contribution in [2.75, 3.05) is 5.32 Å². The van der Waals surface area contributed by atoms with E-state index in [2.05, 4.69) is 20.9 Å². The van der Waals surface area contributed by atoms with E-state index in [0.717, 1.165) is 31.4 Å². The first-order valence-electron chi connectivity index (χ1n) is 10.4. The monoisotopic (exact) mass is 423 g/mol. The van der Waals surface area contributed by atoms with Crippen molar-refractivity contribution in [3.05, 3.63) is 48.0 Å². The Kier molecular flexibility index (Phi) is 5.75. The van der Waals surface area contributed by atoms with Crippen molar-refractivity contribution in [3.63, 3.8) is 0 Å². The van der Waals surface area contributed by atoms with Crippen molar-refractivity contribution in [3.8, 4) is 17.0 Å². The van der Waals surface area contributed by atoms with Crippen LogP contribution >= 0.6 is 0 Å². The summed E-state index contributed by atoms with van der Waals surface area (Å²) in [4.78, 5) is 24.8. The second-order valence-corrected chi connectivity index (χ2v) is 8.01. The number of aromatic nitrogens is 3. The fraction of sp³-hybridized carbons (Fsp3) is 0.364. The third-order valence-electron chi connectivity index (χ3n) is 5.31. The zero-order chi connectivity index (χ0) is 22.0. The molecular weight excluding hydrogens is 398 g/mol. The predicted molar refractivity (Wildman–Crippen MR) is 114 cm³/mol. The molecule has 0 radical (unpaired) electrons. The third-order valence-corrected chi connectivity index (χ3v) is 5.31. The van der Waals surface area contributed by atoms with Gasteiger partial charge in [0.2, 0.25) is 5.76 Å². The maximum absolute atomic E-state index is 12.7. The minimum absolute atomic E-state index is 0.0164. The number of carbonyl (C=O) groups excluding carboxylic acids is 2. The van der Waals surface area contributed by atoms with E-state index >= 15 is 0 Å². The molecule has 0 spiro atoms. The number of aromatic hydroxyl groups is 1. The van der Waals surface area contributed by atoms with Crippen LogP contribution in [0.15, 0.2) is 41.1 Å². The Morgan fingerprint density at radius 3 is 2.61 bits per heavy atom. The Morgan fingerprint density at radius 1 is 1.19 bits per heavy atom. The lowest BCUT2D eigenvalue weighted by atomic mass is 10.0. The minimum atomic E-state index is -0.470. The SMILES string of the molecule is CC(C)NC(=O)n1nc(-c2ccc(NC(=O)c3ccno3)cc2O)cc1C1CCCC1. The van der Waals surface area contributed by atoms with Gasteiger partial charge in [0.25, 0.3) is 5.91 Å². The van der Waals surface area contributed by atoms with Crippen LogP contribution in [0, 0.1) is 0 Å². The molecule has 2 amide bonds. The van der Waals surface area contributed by atoms with Crippen molar-refractivity contribution in [1.29, 1.82) is 0 Å². The molecule has 0 unspecified atom stereocenters. The number of anilines is 1. The number of phenolic OH excluding ortho intramolecular Hbond substituents is 1. The molecule has 3 N–H and O–H groups in total. The van der Waals surface area contributed by atoms with E-state index in [1.165, 1.54) is 23.0 Å². The maximum atomic E-state index is 12.7. The first-order chi connectivity index (χ1) is 14.9. The summed E-state index contributed by atoms with van der Waals surface area (Å²) in [5.74, 6) is -0.188. The van der Waals surface area contributed by atoms with Crippen LogP contribution < -0.4 is 10.6 Å². The molecule has 31 heavy (non-hydrogen) atoms. The van der Waals surface area contributed by atoms with Crippen molar-refractivity contribution in [2.45, 2.75) is 51.5 Å². The molecule has 0 atom stereocenters. The summed E-state index contributed by atoms with van der Waals surface area (Å²) >= 11 is 0. The van der Waals surface area contributed by atoms with Crippen molar-refractivity contribution >= 4 is 17.6 Å². The topological polar surface area (TPSA) is 122 Å². The van der Waals surface area contributed by atoms with Crippen molar-refractivity contribution < 1.29 is 19.2 Å². The van der Waals surface area contributed by atoms with Crippen molar-refractivity contribution in [2.24, 2.45) is 0 Å². The Balaban J connectivity index is 1.62. The number of phenols is 1. The minimum Gasteiger partial charge on any atom is -0.507 e. The van der Waals surface area contributed by atoms with Crippen LogP contribution in [0.3, 0.4) is 0 Å². The highest BCUT2D eigenvalue weighted by molar-refractivity contribution is 6.02. The Bertz CT molecular complexity index is 1080. The summed E-state index contributed by atoms with van der Waals surface area (Å²) in [6.45, 7) is 3.80. The number of carbonyl (C=O) groups is 2. The van der Waals surface area contributed by atoms with E-state index in [1.54, 1.807) is 12.1 Å². The van der Waals surface area contributed by atoms with Crippen LogP contribution in [0.5, 0.6) is 5.75 Å². The maximum Gasteiger partial charge on any atom is 0.342 e. The van der Waals surface area contributed by atoms with Crippen LogP contribution in [0.25, 0.3) is 11.3 Å². The van der Waals surface area contributed by atoms with E-state index in [-0.39, 0.29) is 29.5 Å². The van der Waals surface area contributed by atoms with Gasteiger partial charge in [-0.25, -0.2) is 4.79 Å². The highest BCUT2D eigenvalue weighted by atomic mass is 16.5. The summed E-state index contributed by atoms with van der Waals surface area (Å²) in [6.07, 6.45) is 5.66. The number of nitrogens with one attached hydrogen (secondary N) is 2. The van der Waals surface area contributed by atoms with Gasteiger partial charge in [0, 0.05) is 35.3 Å². The molecule has 9 heteroatoms. The summed E-state index contributed by atoms with van der Waals surface area (Å²) in [7, 11) is 0. The highest BCUT2D eigenvalue weighted by Crippen LogP contribution is 2.38. The quantitative estimate of drug-likeness (QED) is 0.567. The fourth-order valence-corrected chi connectivity index (χ4v) is 3.86. The van der Waals surface area contributed by atoms with Crippen LogP contribution in [0.1, 0.15) is 61.7 Å². The fourth-order valence-electron chi connectivity index (χ4n) is 3.86. The van der Waals surface area contributed by atoms with E-state index < -0.39 is 5.91 Å². The van der Waals surface area contributed by atoms with Gasteiger partial charge in [-0.3, -0.25) is 4.79 Å². The zero-order valence-electron chi connectivity index (χ0n) is 17.5.